The minimum atomic E-state index is -3.69. The molecule has 0 aliphatic carbocycles. The molecule has 3 rings (SSSR count). The second-order valence-electron chi connectivity index (χ2n) is 8.00. The molecule has 0 atom stereocenters. The number of amides is 1. The second-order valence-corrected chi connectivity index (χ2v) is 9.94. The molecular weight excluding hydrogens is 469 g/mol. The van der Waals surface area contributed by atoms with Gasteiger partial charge in [-0.3, -0.25) is 19.7 Å². The van der Waals surface area contributed by atoms with Crippen molar-refractivity contribution < 1.29 is 32.1 Å². The van der Waals surface area contributed by atoms with Gasteiger partial charge in [0.25, 0.3) is 11.6 Å². The molecule has 0 bridgehead atoms. The summed E-state index contributed by atoms with van der Waals surface area (Å²) in [4.78, 5) is 34.8. The summed E-state index contributed by atoms with van der Waals surface area (Å²) in [7, 11) is -3.69. The molecule has 1 amide bonds. The van der Waals surface area contributed by atoms with Crippen LogP contribution in [0.4, 0.5) is 15.8 Å². The third-order valence-electron chi connectivity index (χ3n) is 5.68. The first kappa shape index (κ1) is 25.2. The van der Waals surface area contributed by atoms with Crippen molar-refractivity contribution >= 4 is 33.3 Å². The fourth-order valence-electron chi connectivity index (χ4n) is 3.56. The van der Waals surface area contributed by atoms with Gasteiger partial charge in [-0.25, -0.2) is 12.8 Å². The molecule has 0 radical (unpaired) electrons. The van der Waals surface area contributed by atoms with Gasteiger partial charge in [0.2, 0.25) is 10.0 Å². The van der Waals surface area contributed by atoms with E-state index < -0.39 is 50.9 Å². The van der Waals surface area contributed by atoms with Gasteiger partial charge < -0.3 is 10.1 Å². The Morgan fingerprint density at radius 3 is 2.44 bits per heavy atom. The van der Waals surface area contributed by atoms with Gasteiger partial charge in [0.15, 0.2) is 6.61 Å². The molecule has 2 aromatic carbocycles. The van der Waals surface area contributed by atoms with Gasteiger partial charge in [-0.05, 0) is 62.1 Å². The van der Waals surface area contributed by atoms with Crippen molar-refractivity contribution in [2.45, 2.75) is 31.6 Å². The Balaban J connectivity index is 1.52. The molecule has 1 fully saturated rings. The number of carbonyl (C=O) groups is 2. The van der Waals surface area contributed by atoms with Gasteiger partial charge in [0, 0.05) is 13.1 Å². The number of nitrogens with one attached hydrogen (secondary N) is 1. The highest BCUT2D eigenvalue weighted by Gasteiger charge is 2.33. The first-order valence-corrected chi connectivity index (χ1v) is 11.9. The molecule has 10 nitrogen and oxygen atoms in total. The number of rotatable bonds is 7. The number of benzene rings is 2. The number of anilines is 1. The van der Waals surface area contributed by atoms with E-state index in [1.807, 2.05) is 13.8 Å². The number of esters is 1. The number of piperidine rings is 1. The quantitative estimate of drug-likeness (QED) is 0.356. The SMILES string of the molecule is Cc1ccc(S(=O)(=O)N2CCC(C(=O)OCC(=O)Nc3ccc(F)cc3[N+](=O)[O-])CC2)cc1C. The number of aryl methyl sites for hydroxylation is 2. The Bertz CT molecular complexity index is 1220. The number of halogens is 1. The van der Waals surface area contributed by atoms with E-state index in [0.717, 1.165) is 23.3 Å². The second kappa shape index (κ2) is 10.3. The van der Waals surface area contributed by atoms with E-state index in [1.165, 1.54) is 4.31 Å². The van der Waals surface area contributed by atoms with Crippen molar-refractivity contribution in [3.05, 3.63) is 63.5 Å². The lowest BCUT2D eigenvalue weighted by molar-refractivity contribution is -0.384. The van der Waals surface area contributed by atoms with Crippen LogP contribution in [-0.4, -0.2) is 49.2 Å². The summed E-state index contributed by atoms with van der Waals surface area (Å²) in [6.45, 7) is 3.30. The van der Waals surface area contributed by atoms with Crippen LogP contribution in [0.25, 0.3) is 0 Å². The van der Waals surface area contributed by atoms with Gasteiger partial charge in [-0.1, -0.05) is 6.07 Å². The van der Waals surface area contributed by atoms with Crippen LogP contribution in [0.2, 0.25) is 0 Å². The van der Waals surface area contributed by atoms with Crippen molar-refractivity contribution in [2.24, 2.45) is 5.92 Å². The summed E-state index contributed by atoms with van der Waals surface area (Å²) in [6, 6.07) is 7.59. The molecule has 1 aliphatic heterocycles. The summed E-state index contributed by atoms with van der Waals surface area (Å²) in [5.41, 5.74) is 0.997. The summed E-state index contributed by atoms with van der Waals surface area (Å²) in [6.07, 6.45) is 0.460. The number of nitro groups is 1. The Hall–Kier alpha value is -3.38. The Kier molecular flexibility index (Phi) is 7.62. The zero-order chi connectivity index (χ0) is 25.0. The van der Waals surface area contributed by atoms with E-state index in [0.29, 0.717) is 6.07 Å². The topological polar surface area (TPSA) is 136 Å². The standard InChI is InChI=1S/C22H24FN3O7S/c1-14-3-5-18(11-15(14)2)34(31,32)25-9-7-16(8-10-25)22(28)33-13-21(27)24-19-6-4-17(23)12-20(19)26(29)30/h3-6,11-12,16H,7-10,13H2,1-2H3,(H,24,27). The Morgan fingerprint density at radius 2 is 1.82 bits per heavy atom. The molecule has 1 heterocycles. The number of ether oxygens (including phenoxy) is 1. The van der Waals surface area contributed by atoms with E-state index in [-0.39, 0.29) is 36.5 Å². The maximum atomic E-state index is 13.2. The average Bonchev–Trinajstić information content (AvgIpc) is 2.80. The molecule has 12 heteroatoms. The number of nitrogens with zero attached hydrogens (tertiary/aromatic N) is 2. The van der Waals surface area contributed by atoms with Crippen LogP contribution in [0.1, 0.15) is 24.0 Å². The molecule has 0 saturated carbocycles. The van der Waals surface area contributed by atoms with Gasteiger partial charge in [-0.15, -0.1) is 0 Å². The van der Waals surface area contributed by atoms with E-state index in [2.05, 4.69) is 5.32 Å². The summed E-state index contributed by atoms with van der Waals surface area (Å²) in [5.74, 6) is -2.90. The summed E-state index contributed by atoms with van der Waals surface area (Å²) >= 11 is 0. The third-order valence-corrected chi connectivity index (χ3v) is 7.57. The number of carbonyl (C=O) groups excluding carboxylic acids is 2. The van der Waals surface area contributed by atoms with Crippen molar-refractivity contribution in [1.82, 2.24) is 4.31 Å². The van der Waals surface area contributed by atoms with Gasteiger partial charge in [-0.2, -0.15) is 4.31 Å². The van der Waals surface area contributed by atoms with Crippen LogP contribution in [0, 0.1) is 35.7 Å². The highest BCUT2D eigenvalue weighted by Crippen LogP contribution is 2.27. The van der Waals surface area contributed by atoms with E-state index in [4.69, 9.17) is 4.74 Å². The van der Waals surface area contributed by atoms with Crippen molar-refractivity contribution in [2.75, 3.05) is 25.0 Å². The molecular formula is C22H24FN3O7S. The van der Waals surface area contributed by atoms with E-state index >= 15 is 0 Å². The zero-order valence-corrected chi connectivity index (χ0v) is 19.4. The van der Waals surface area contributed by atoms with Crippen LogP contribution < -0.4 is 5.32 Å². The Labute approximate surface area is 195 Å². The minimum absolute atomic E-state index is 0.128. The van der Waals surface area contributed by atoms with Gasteiger partial charge in [0.05, 0.1) is 21.8 Å². The third kappa shape index (κ3) is 5.75. The van der Waals surface area contributed by atoms with Crippen LogP contribution in [0.5, 0.6) is 0 Å². The van der Waals surface area contributed by atoms with Gasteiger partial charge >= 0.3 is 5.97 Å². The fourth-order valence-corrected chi connectivity index (χ4v) is 5.11. The highest BCUT2D eigenvalue weighted by molar-refractivity contribution is 7.89. The molecule has 1 aliphatic rings. The monoisotopic (exact) mass is 493 g/mol. The first-order chi connectivity index (χ1) is 16.0. The van der Waals surface area contributed by atoms with Crippen molar-refractivity contribution in [3.8, 4) is 0 Å². The lowest BCUT2D eigenvalue weighted by Crippen LogP contribution is -2.41. The molecule has 0 unspecified atom stereocenters. The average molecular weight is 494 g/mol. The zero-order valence-electron chi connectivity index (χ0n) is 18.6. The predicted octanol–water partition coefficient (Wildman–Crippen LogP) is 2.93. The fraction of sp³-hybridized carbons (Fsp3) is 0.364. The largest absolute Gasteiger partial charge is 0.455 e. The van der Waals surface area contributed by atoms with Crippen LogP contribution in [-0.2, 0) is 24.3 Å². The predicted molar refractivity (Wildman–Crippen MR) is 120 cm³/mol. The molecule has 2 aromatic rings. The number of sulfonamides is 1. The highest BCUT2D eigenvalue weighted by atomic mass is 32.2. The first-order valence-electron chi connectivity index (χ1n) is 10.5. The van der Waals surface area contributed by atoms with Gasteiger partial charge in [0.1, 0.15) is 11.5 Å². The molecule has 1 N–H and O–H groups in total. The Morgan fingerprint density at radius 1 is 1.15 bits per heavy atom. The van der Waals surface area contributed by atoms with Crippen molar-refractivity contribution in [3.63, 3.8) is 0 Å². The normalized spacial score (nSPS) is 15.0. The van der Waals surface area contributed by atoms with E-state index in [9.17, 15) is 32.5 Å². The van der Waals surface area contributed by atoms with Crippen LogP contribution in [0.3, 0.4) is 0 Å². The lowest BCUT2D eigenvalue weighted by atomic mass is 9.98. The summed E-state index contributed by atoms with van der Waals surface area (Å²) in [5, 5.41) is 13.2. The molecule has 0 aromatic heterocycles. The maximum Gasteiger partial charge on any atom is 0.309 e. The minimum Gasteiger partial charge on any atom is -0.455 e. The number of hydrogen-bond acceptors (Lipinski definition) is 7. The molecule has 34 heavy (non-hydrogen) atoms. The number of hydrogen-bond donors (Lipinski definition) is 1. The smallest absolute Gasteiger partial charge is 0.309 e. The van der Waals surface area contributed by atoms with Crippen molar-refractivity contribution in [1.29, 1.82) is 0 Å². The van der Waals surface area contributed by atoms with Crippen LogP contribution in [0.15, 0.2) is 41.3 Å². The maximum absolute atomic E-state index is 13.2. The number of nitro benzene ring substituents is 1. The van der Waals surface area contributed by atoms with Crippen LogP contribution >= 0.6 is 0 Å². The molecule has 1 saturated heterocycles. The molecule has 182 valence electrons. The lowest BCUT2D eigenvalue weighted by Gasteiger charge is -2.30. The van der Waals surface area contributed by atoms with E-state index in [1.54, 1.807) is 18.2 Å². The molecule has 0 spiro atoms. The summed E-state index contributed by atoms with van der Waals surface area (Å²) < 4.78 is 45.3.